The number of thiazole rings is 1. The van der Waals surface area contributed by atoms with Crippen molar-refractivity contribution in [2.24, 2.45) is 0 Å². The van der Waals surface area contributed by atoms with Crippen molar-refractivity contribution < 1.29 is 9.84 Å². The second kappa shape index (κ2) is 6.49. The SMILES string of the molecule is C=CCN1C(=N)C(c2nc(-c3cccc(OC)c3)cs2)=C(O)[C@H]1C. The van der Waals surface area contributed by atoms with E-state index in [1.807, 2.05) is 36.6 Å². The molecule has 0 amide bonds. The zero-order valence-corrected chi connectivity index (χ0v) is 14.4. The second-order valence-electron chi connectivity index (χ2n) is 5.50. The Labute approximate surface area is 145 Å². The van der Waals surface area contributed by atoms with Gasteiger partial charge in [-0.1, -0.05) is 18.2 Å². The molecule has 0 saturated carbocycles. The minimum absolute atomic E-state index is 0.188. The third-order valence-corrected chi connectivity index (χ3v) is 4.91. The molecular weight excluding hydrogens is 322 g/mol. The summed E-state index contributed by atoms with van der Waals surface area (Å²) in [4.78, 5) is 6.42. The molecule has 124 valence electrons. The third-order valence-electron chi connectivity index (χ3n) is 4.05. The van der Waals surface area contributed by atoms with E-state index in [-0.39, 0.29) is 17.6 Å². The number of aromatic nitrogens is 1. The van der Waals surface area contributed by atoms with Crippen LogP contribution in [0.1, 0.15) is 11.9 Å². The van der Waals surface area contributed by atoms with Crippen molar-refractivity contribution in [1.29, 1.82) is 5.41 Å². The highest BCUT2D eigenvalue weighted by Gasteiger charge is 2.35. The number of hydrogen-bond donors (Lipinski definition) is 2. The maximum absolute atomic E-state index is 10.4. The Morgan fingerprint density at radius 1 is 1.50 bits per heavy atom. The number of aliphatic hydroxyl groups is 1. The average Bonchev–Trinajstić information content (AvgIpc) is 3.15. The predicted molar refractivity (Wildman–Crippen MR) is 97.7 cm³/mol. The topological polar surface area (TPSA) is 69.4 Å². The van der Waals surface area contributed by atoms with Crippen LogP contribution in [-0.2, 0) is 0 Å². The quantitative estimate of drug-likeness (QED) is 0.808. The van der Waals surface area contributed by atoms with Gasteiger partial charge in [0.2, 0.25) is 0 Å². The molecule has 5 nitrogen and oxygen atoms in total. The van der Waals surface area contributed by atoms with Crippen LogP contribution >= 0.6 is 11.3 Å². The van der Waals surface area contributed by atoms with Crippen LogP contribution in [-0.4, -0.2) is 40.5 Å². The number of methoxy groups -OCH3 is 1. The lowest BCUT2D eigenvalue weighted by atomic mass is 10.1. The Hall–Kier alpha value is -2.60. The number of amidine groups is 1. The summed E-state index contributed by atoms with van der Waals surface area (Å²) in [6, 6.07) is 7.43. The summed E-state index contributed by atoms with van der Waals surface area (Å²) in [6.07, 6.45) is 1.73. The van der Waals surface area contributed by atoms with Crippen LogP contribution in [0.4, 0.5) is 0 Å². The van der Waals surface area contributed by atoms with Crippen LogP contribution in [0.15, 0.2) is 48.1 Å². The smallest absolute Gasteiger partial charge is 0.135 e. The lowest BCUT2D eigenvalue weighted by molar-refractivity contribution is 0.300. The van der Waals surface area contributed by atoms with Gasteiger partial charge in [-0.25, -0.2) is 4.98 Å². The zero-order valence-electron chi connectivity index (χ0n) is 13.6. The van der Waals surface area contributed by atoms with Gasteiger partial charge in [0.25, 0.3) is 0 Å². The van der Waals surface area contributed by atoms with E-state index in [1.165, 1.54) is 11.3 Å². The van der Waals surface area contributed by atoms with E-state index in [0.29, 0.717) is 17.1 Å². The molecule has 2 heterocycles. The first-order valence-electron chi connectivity index (χ1n) is 7.56. The Morgan fingerprint density at radius 2 is 2.29 bits per heavy atom. The van der Waals surface area contributed by atoms with Crippen molar-refractivity contribution >= 4 is 22.7 Å². The molecule has 6 heteroatoms. The van der Waals surface area contributed by atoms with Gasteiger partial charge >= 0.3 is 0 Å². The summed E-state index contributed by atoms with van der Waals surface area (Å²) in [5.41, 5.74) is 2.25. The summed E-state index contributed by atoms with van der Waals surface area (Å²) < 4.78 is 5.25. The number of ether oxygens (including phenoxy) is 1. The zero-order chi connectivity index (χ0) is 17.3. The first kappa shape index (κ1) is 16.3. The van der Waals surface area contributed by atoms with Crippen molar-refractivity contribution in [3.05, 3.63) is 53.1 Å². The van der Waals surface area contributed by atoms with E-state index in [1.54, 1.807) is 18.1 Å². The van der Waals surface area contributed by atoms with E-state index < -0.39 is 0 Å². The van der Waals surface area contributed by atoms with Crippen LogP contribution in [0, 0.1) is 5.41 Å². The maximum Gasteiger partial charge on any atom is 0.135 e. The summed E-state index contributed by atoms with van der Waals surface area (Å²) in [5.74, 6) is 1.24. The molecule has 0 radical (unpaired) electrons. The summed E-state index contributed by atoms with van der Waals surface area (Å²) in [7, 11) is 1.63. The highest BCUT2D eigenvalue weighted by Crippen LogP contribution is 2.35. The highest BCUT2D eigenvalue weighted by molar-refractivity contribution is 7.11. The Kier molecular flexibility index (Phi) is 4.40. The third kappa shape index (κ3) is 2.69. The number of hydrogen-bond acceptors (Lipinski definition) is 5. The molecular formula is C18H19N3O2S. The first-order chi connectivity index (χ1) is 11.6. The minimum atomic E-state index is -0.241. The lowest BCUT2D eigenvalue weighted by Gasteiger charge is -2.22. The maximum atomic E-state index is 10.4. The van der Waals surface area contributed by atoms with Gasteiger partial charge in [0.05, 0.1) is 24.4 Å². The van der Waals surface area contributed by atoms with Crippen LogP contribution in [0.25, 0.3) is 16.8 Å². The fraction of sp³-hybridized carbons (Fsp3) is 0.222. The van der Waals surface area contributed by atoms with E-state index in [2.05, 4.69) is 11.6 Å². The Balaban J connectivity index is 1.96. The number of nitrogens with one attached hydrogen (secondary N) is 1. The summed E-state index contributed by atoms with van der Waals surface area (Å²) in [5, 5.41) is 21.4. The van der Waals surface area contributed by atoms with Gasteiger partial charge in [-0.15, -0.1) is 17.9 Å². The largest absolute Gasteiger partial charge is 0.509 e. The number of aliphatic hydroxyl groups excluding tert-OH is 1. The van der Waals surface area contributed by atoms with Gasteiger partial charge in [0, 0.05) is 17.5 Å². The molecule has 0 unspecified atom stereocenters. The van der Waals surface area contributed by atoms with Crippen molar-refractivity contribution in [2.75, 3.05) is 13.7 Å². The van der Waals surface area contributed by atoms with Gasteiger partial charge in [-0.3, -0.25) is 5.41 Å². The fourth-order valence-corrected chi connectivity index (χ4v) is 3.60. The van der Waals surface area contributed by atoms with Gasteiger partial charge in [0.15, 0.2) is 0 Å². The molecule has 2 N–H and O–H groups in total. The summed E-state index contributed by atoms with van der Waals surface area (Å²) >= 11 is 1.42. The number of benzene rings is 1. The van der Waals surface area contributed by atoms with Gasteiger partial charge in [-0.2, -0.15) is 0 Å². The van der Waals surface area contributed by atoms with Gasteiger partial charge < -0.3 is 14.7 Å². The van der Waals surface area contributed by atoms with Crippen molar-refractivity contribution in [3.8, 4) is 17.0 Å². The molecule has 2 aromatic rings. The van der Waals surface area contributed by atoms with E-state index >= 15 is 0 Å². The molecule has 0 fully saturated rings. The molecule has 3 rings (SSSR count). The molecule has 1 aliphatic heterocycles. The van der Waals surface area contributed by atoms with Crippen LogP contribution in [0.3, 0.4) is 0 Å². The van der Waals surface area contributed by atoms with Crippen molar-refractivity contribution in [3.63, 3.8) is 0 Å². The Bertz CT molecular complexity index is 825. The molecule has 0 spiro atoms. The number of rotatable bonds is 5. The molecule has 0 saturated heterocycles. The van der Waals surface area contributed by atoms with E-state index in [9.17, 15) is 5.11 Å². The monoisotopic (exact) mass is 341 g/mol. The normalized spacial score (nSPS) is 17.5. The number of nitrogens with zero attached hydrogens (tertiary/aromatic N) is 2. The molecule has 1 aliphatic rings. The molecule has 1 atom stereocenters. The van der Waals surface area contributed by atoms with Crippen molar-refractivity contribution in [1.82, 2.24) is 9.88 Å². The van der Waals surface area contributed by atoms with Crippen molar-refractivity contribution in [2.45, 2.75) is 13.0 Å². The standard InChI is InChI=1S/C18H19N3O2S/c1-4-8-21-11(2)16(22)15(17(21)19)18-20-14(10-24-18)12-6-5-7-13(9-12)23-3/h4-7,9-11,19,22H,1,8H2,2-3H3/t11-/m1/s1. The molecule has 1 aromatic carbocycles. The minimum Gasteiger partial charge on any atom is -0.509 e. The first-order valence-corrected chi connectivity index (χ1v) is 8.44. The highest BCUT2D eigenvalue weighted by atomic mass is 32.1. The predicted octanol–water partition coefficient (Wildman–Crippen LogP) is 3.96. The molecule has 0 bridgehead atoms. The van der Waals surface area contributed by atoms with E-state index in [0.717, 1.165) is 17.0 Å². The summed E-state index contributed by atoms with van der Waals surface area (Å²) in [6.45, 7) is 6.10. The molecule has 0 aliphatic carbocycles. The van der Waals surface area contributed by atoms with Crippen LogP contribution in [0.2, 0.25) is 0 Å². The molecule has 1 aromatic heterocycles. The van der Waals surface area contributed by atoms with Gasteiger partial charge in [-0.05, 0) is 19.1 Å². The Morgan fingerprint density at radius 3 is 3.00 bits per heavy atom. The van der Waals surface area contributed by atoms with E-state index in [4.69, 9.17) is 10.1 Å². The second-order valence-corrected chi connectivity index (χ2v) is 6.35. The van der Waals surface area contributed by atoms with Crippen LogP contribution in [0.5, 0.6) is 5.75 Å². The fourth-order valence-electron chi connectivity index (χ4n) is 2.72. The average molecular weight is 341 g/mol. The van der Waals surface area contributed by atoms with Crippen LogP contribution < -0.4 is 4.74 Å². The lowest BCUT2D eigenvalue weighted by Crippen LogP contribution is -2.33. The van der Waals surface area contributed by atoms with Gasteiger partial charge in [0.1, 0.15) is 22.4 Å². The molecule has 24 heavy (non-hydrogen) atoms.